The molecule has 4 aromatic rings. The fraction of sp³-hybridized carbons (Fsp3) is 0.0952. The first-order valence-corrected chi connectivity index (χ1v) is 9.29. The van der Waals surface area contributed by atoms with Crippen LogP contribution in [0, 0.1) is 0 Å². The van der Waals surface area contributed by atoms with E-state index < -0.39 is 0 Å². The number of carbonyl (C=O) groups is 1. The molecule has 2 aromatic carbocycles. The number of hydrogen-bond acceptors (Lipinski definition) is 4. The van der Waals surface area contributed by atoms with Gasteiger partial charge in [-0.25, -0.2) is 14.3 Å². The Balaban J connectivity index is 1.52. The van der Waals surface area contributed by atoms with Gasteiger partial charge in [0.2, 0.25) is 5.88 Å². The Hall–Kier alpha value is -3.58. The molecule has 2 N–H and O–H groups in total. The number of fused-ring (bicyclic) bond motifs is 1. The van der Waals surface area contributed by atoms with Gasteiger partial charge in [-0.1, -0.05) is 48.0 Å². The van der Waals surface area contributed by atoms with Crippen molar-refractivity contribution in [2.75, 3.05) is 12.4 Å². The summed E-state index contributed by atoms with van der Waals surface area (Å²) in [6, 6.07) is 18.2. The van der Waals surface area contributed by atoms with Crippen molar-refractivity contribution in [3.8, 4) is 17.1 Å². The molecular formula is C21H18ClN5O2. The molecule has 0 aliphatic heterocycles. The summed E-state index contributed by atoms with van der Waals surface area (Å²) in [6.07, 6.45) is 1.79. The quantitative estimate of drug-likeness (QED) is 0.514. The number of carbonyl (C=O) groups excluding carboxylic acids is 1. The van der Waals surface area contributed by atoms with Crippen LogP contribution in [-0.2, 0) is 6.54 Å². The molecule has 4 rings (SSSR count). The number of rotatable bonds is 5. The van der Waals surface area contributed by atoms with Gasteiger partial charge in [0, 0.05) is 18.2 Å². The van der Waals surface area contributed by atoms with Crippen molar-refractivity contribution in [1.82, 2.24) is 19.9 Å². The first-order chi connectivity index (χ1) is 14.1. The normalized spacial score (nSPS) is 10.7. The van der Waals surface area contributed by atoms with Crippen LogP contribution in [0.25, 0.3) is 16.9 Å². The van der Waals surface area contributed by atoms with Crippen LogP contribution in [-0.4, -0.2) is 27.7 Å². The van der Waals surface area contributed by atoms with Crippen LogP contribution in [0.5, 0.6) is 5.88 Å². The van der Waals surface area contributed by atoms with Gasteiger partial charge in [0.15, 0.2) is 5.65 Å². The second-order valence-electron chi connectivity index (χ2n) is 6.29. The summed E-state index contributed by atoms with van der Waals surface area (Å²) in [5, 5.41) is 10.4. The van der Waals surface area contributed by atoms with Crippen LogP contribution in [0.3, 0.4) is 0 Å². The van der Waals surface area contributed by atoms with Crippen molar-refractivity contribution >= 4 is 29.0 Å². The summed E-state index contributed by atoms with van der Waals surface area (Å²) >= 11 is 6.27. The molecule has 7 nitrogen and oxygen atoms in total. The highest BCUT2D eigenvalue weighted by atomic mass is 35.5. The highest BCUT2D eigenvalue weighted by Crippen LogP contribution is 2.28. The lowest BCUT2D eigenvalue weighted by Crippen LogP contribution is -2.28. The van der Waals surface area contributed by atoms with E-state index in [1.165, 1.54) is 0 Å². The average molecular weight is 408 g/mol. The van der Waals surface area contributed by atoms with Gasteiger partial charge in [0.05, 0.1) is 29.7 Å². The van der Waals surface area contributed by atoms with Gasteiger partial charge in [-0.3, -0.25) is 0 Å². The lowest BCUT2D eigenvalue weighted by molar-refractivity contribution is 0.251. The zero-order valence-corrected chi connectivity index (χ0v) is 16.3. The molecule has 146 valence electrons. The highest BCUT2D eigenvalue weighted by molar-refractivity contribution is 6.33. The Kier molecular flexibility index (Phi) is 5.31. The predicted octanol–water partition coefficient (Wildman–Crippen LogP) is 4.38. The second kappa shape index (κ2) is 8.20. The minimum absolute atomic E-state index is 0.339. The highest BCUT2D eigenvalue weighted by Gasteiger charge is 2.11. The van der Waals surface area contributed by atoms with Crippen LogP contribution in [0.15, 0.2) is 66.9 Å². The summed E-state index contributed by atoms with van der Waals surface area (Å²) in [4.78, 5) is 16.8. The maximum atomic E-state index is 12.3. The van der Waals surface area contributed by atoms with Gasteiger partial charge >= 0.3 is 6.03 Å². The minimum Gasteiger partial charge on any atom is -0.480 e. The number of imidazole rings is 1. The molecule has 0 unspecified atom stereocenters. The molecule has 0 saturated heterocycles. The summed E-state index contributed by atoms with van der Waals surface area (Å²) in [6.45, 7) is 0.421. The number of ether oxygens (including phenoxy) is 1. The molecule has 29 heavy (non-hydrogen) atoms. The topological polar surface area (TPSA) is 80.5 Å². The Bertz CT molecular complexity index is 1160. The van der Waals surface area contributed by atoms with Crippen molar-refractivity contribution in [3.05, 3.63) is 77.4 Å². The number of nitrogens with zero attached hydrogens (tertiary/aromatic N) is 3. The van der Waals surface area contributed by atoms with E-state index >= 15 is 0 Å². The van der Waals surface area contributed by atoms with Crippen LogP contribution < -0.4 is 15.4 Å². The second-order valence-corrected chi connectivity index (χ2v) is 6.70. The van der Waals surface area contributed by atoms with Crippen LogP contribution in [0.2, 0.25) is 5.02 Å². The average Bonchev–Trinajstić information content (AvgIpc) is 3.18. The monoisotopic (exact) mass is 407 g/mol. The van der Waals surface area contributed by atoms with Gasteiger partial charge in [-0.05, 0) is 23.8 Å². The summed E-state index contributed by atoms with van der Waals surface area (Å²) in [7, 11) is 1.56. The number of methoxy groups -OCH3 is 1. The van der Waals surface area contributed by atoms with Crippen molar-refractivity contribution in [2.24, 2.45) is 0 Å². The standard InChI is InChI=1S/C21H18ClN5O2/c1-29-20-10-9-19-24-18(13-27(19)26-20)15-7-8-16(22)17(11-15)25-21(28)23-12-14-5-3-2-4-6-14/h2-11,13H,12H2,1H3,(H2,23,25,28). The molecule has 2 heterocycles. The number of anilines is 1. The van der Waals surface area contributed by atoms with Gasteiger partial charge in [0.25, 0.3) is 0 Å². The van der Waals surface area contributed by atoms with Crippen LogP contribution >= 0.6 is 11.6 Å². The van der Waals surface area contributed by atoms with Gasteiger partial charge < -0.3 is 15.4 Å². The van der Waals surface area contributed by atoms with E-state index in [4.69, 9.17) is 16.3 Å². The fourth-order valence-electron chi connectivity index (χ4n) is 2.84. The minimum atomic E-state index is -0.339. The Morgan fingerprint density at radius 3 is 2.76 bits per heavy atom. The maximum absolute atomic E-state index is 12.3. The van der Waals surface area contributed by atoms with E-state index in [0.717, 1.165) is 11.1 Å². The third-order valence-electron chi connectivity index (χ3n) is 4.31. The zero-order valence-electron chi connectivity index (χ0n) is 15.6. The summed E-state index contributed by atoms with van der Waals surface area (Å²) < 4.78 is 6.78. The molecule has 0 spiro atoms. The third kappa shape index (κ3) is 4.30. The van der Waals surface area contributed by atoms with E-state index in [0.29, 0.717) is 34.5 Å². The number of benzene rings is 2. The molecule has 0 radical (unpaired) electrons. The zero-order chi connectivity index (χ0) is 20.2. The van der Waals surface area contributed by atoms with Crippen molar-refractivity contribution in [1.29, 1.82) is 0 Å². The number of halogens is 1. The summed E-state index contributed by atoms with van der Waals surface area (Å²) in [5.74, 6) is 0.495. The van der Waals surface area contributed by atoms with Crippen molar-refractivity contribution < 1.29 is 9.53 Å². The van der Waals surface area contributed by atoms with E-state index in [1.54, 1.807) is 36.0 Å². The first-order valence-electron chi connectivity index (χ1n) is 8.91. The molecule has 0 saturated carbocycles. The first kappa shape index (κ1) is 18.8. The molecule has 0 atom stereocenters. The molecule has 2 aromatic heterocycles. The molecule has 8 heteroatoms. The Morgan fingerprint density at radius 1 is 1.14 bits per heavy atom. The molecular weight excluding hydrogens is 390 g/mol. The van der Waals surface area contributed by atoms with Gasteiger partial charge in [-0.2, -0.15) is 0 Å². The van der Waals surface area contributed by atoms with E-state index in [2.05, 4.69) is 20.7 Å². The van der Waals surface area contributed by atoms with E-state index in [9.17, 15) is 4.79 Å². The predicted molar refractivity (Wildman–Crippen MR) is 112 cm³/mol. The number of hydrogen-bond donors (Lipinski definition) is 2. The van der Waals surface area contributed by atoms with Crippen LogP contribution in [0.1, 0.15) is 5.56 Å². The van der Waals surface area contributed by atoms with Gasteiger partial charge in [0.1, 0.15) is 0 Å². The van der Waals surface area contributed by atoms with Gasteiger partial charge in [-0.15, -0.1) is 5.10 Å². The SMILES string of the molecule is COc1ccc2nc(-c3ccc(Cl)c(NC(=O)NCc4ccccc4)c3)cn2n1. The Morgan fingerprint density at radius 2 is 1.97 bits per heavy atom. The Labute approximate surface area is 172 Å². The number of nitrogens with one attached hydrogen (secondary N) is 2. The molecule has 0 aliphatic rings. The number of amides is 2. The number of aromatic nitrogens is 3. The van der Waals surface area contributed by atoms with Crippen molar-refractivity contribution in [3.63, 3.8) is 0 Å². The smallest absolute Gasteiger partial charge is 0.319 e. The lowest BCUT2D eigenvalue weighted by atomic mass is 10.1. The fourth-order valence-corrected chi connectivity index (χ4v) is 3.00. The summed E-state index contributed by atoms with van der Waals surface area (Å²) in [5.41, 5.74) is 3.70. The van der Waals surface area contributed by atoms with Crippen LogP contribution in [0.4, 0.5) is 10.5 Å². The van der Waals surface area contributed by atoms with Crippen molar-refractivity contribution in [2.45, 2.75) is 6.54 Å². The van der Waals surface area contributed by atoms with E-state index in [1.807, 2.05) is 42.5 Å². The molecule has 0 bridgehead atoms. The maximum Gasteiger partial charge on any atom is 0.319 e. The third-order valence-corrected chi connectivity index (χ3v) is 4.64. The van der Waals surface area contributed by atoms with E-state index in [-0.39, 0.29) is 6.03 Å². The molecule has 0 fully saturated rings. The molecule has 2 amide bonds. The molecule has 0 aliphatic carbocycles. The largest absolute Gasteiger partial charge is 0.480 e. The number of urea groups is 1. The lowest BCUT2D eigenvalue weighted by Gasteiger charge is -2.10.